The molecular weight excluding hydrogens is 321 g/mol. The van der Waals surface area contributed by atoms with Crippen LogP contribution in [0.5, 0.6) is 5.75 Å². The first-order valence-electron chi connectivity index (χ1n) is 7.95. The minimum atomic E-state index is -0.364. The van der Waals surface area contributed by atoms with E-state index >= 15 is 0 Å². The van der Waals surface area contributed by atoms with E-state index in [1.165, 1.54) is 12.1 Å². The summed E-state index contributed by atoms with van der Waals surface area (Å²) < 4.78 is 20.1. The van der Waals surface area contributed by atoms with Crippen molar-refractivity contribution in [2.24, 2.45) is 0 Å². The highest BCUT2D eigenvalue weighted by atomic mass is 19.1. The van der Waals surface area contributed by atoms with E-state index in [0.29, 0.717) is 12.3 Å². The lowest BCUT2D eigenvalue weighted by molar-refractivity contribution is -0.121. The normalized spacial score (nSPS) is 10.4. The molecule has 2 aromatic carbocycles. The fraction of sp³-hybridized carbons (Fsp3) is 0.158. The first-order chi connectivity index (χ1) is 12.2. The highest BCUT2D eigenvalue weighted by molar-refractivity contribution is 5.75. The Hall–Kier alpha value is -3.15. The first kappa shape index (κ1) is 16.7. The van der Waals surface area contributed by atoms with E-state index in [2.05, 4.69) is 10.4 Å². The number of carbonyl (C=O) groups excluding carboxylic acids is 1. The molecule has 0 radical (unpaired) electrons. The van der Waals surface area contributed by atoms with Crippen LogP contribution >= 0.6 is 0 Å². The smallest absolute Gasteiger partial charge is 0.223 e. The maximum Gasteiger partial charge on any atom is 0.223 e. The van der Waals surface area contributed by atoms with Gasteiger partial charge in [0.1, 0.15) is 11.6 Å². The summed E-state index contributed by atoms with van der Waals surface area (Å²) in [5.74, 6) is -0.0850. The summed E-state index contributed by atoms with van der Waals surface area (Å²) in [6.07, 6.45) is 3.79. The van der Waals surface area contributed by atoms with Gasteiger partial charge in [-0.05, 0) is 24.3 Å². The highest BCUT2D eigenvalue weighted by Crippen LogP contribution is 2.12. The molecule has 1 N–H and O–H groups in total. The fourth-order valence-electron chi connectivity index (χ4n) is 2.28. The lowest BCUT2D eigenvalue weighted by Gasteiger charge is -2.06. The number of rotatable bonds is 7. The summed E-state index contributed by atoms with van der Waals surface area (Å²) >= 11 is 0. The van der Waals surface area contributed by atoms with Gasteiger partial charge in [0.25, 0.3) is 0 Å². The van der Waals surface area contributed by atoms with Gasteiger partial charge in [0.2, 0.25) is 5.91 Å². The van der Waals surface area contributed by atoms with Crippen LogP contribution in [0.3, 0.4) is 0 Å². The molecule has 0 saturated heterocycles. The molecule has 25 heavy (non-hydrogen) atoms. The number of nitrogens with one attached hydrogen (secondary N) is 1. The Labute approximate surface area is 145 Å². The van der Waals surface area contributed by atoms with Crippen molar-refractivity contribution in [1.82, 2.24) is 15.1 Å². The summed E-state index contributed by atoms with van der Waals surface area (Å²) in [5.41, 5.74) is 1.87. The van der Waals surface area contributed by atoms with Crippen molar-refractivity contribution in [3.63, 3.8) is 0 Å². The van der Waals surface area contributed by atoms with Gasteiger partial charge in [0.05, 0.1) is 24.9 Å². The standard InChI is InChI=1S/C19H18FN3O2/c20-16-5-4-8-18(11-16)25-10-9-19(24)21-12-15-13-22-23(14-15)17-6-2-1-3-7-17/h1-8,11,13-14H,9-10,12H2,(H,21,24). The third-order valence-corrected chi connectivity index (χ3v) is 3.54. The quantitative estimate of drug-likeness (QED) is 0.720. The number of benzene rings is 2. The van der Waals surface area contributed by atoms with Crippen molar-refractivity contribution in [1.29, 1.82) is 0 Å². The molecule has 3 rings (SSSR count). The summed E-state index contributed by atoms with van der Waals surface area (Å²) in [4.78, 5) is 11.9. The van der Waals surface area contributed by atoms with Gasteiger partial charge < -0.3 is 10.1 Å². The zero-order valence-electron chi connectivity index (χ0n) is 13.6. The maximum atomic E-state index is 13.0. The number of aromatic nitrogens is 2. The van der Waals surface area contributed by atoms with E-state index in [-0.39, 0.29) is 24.8 Å². The second-order valence-corrected chi connectivity index (χ2v) is 5.46. The van der Waals surface area contributed by atoms with Crippen molar-refractivity contribution < 1.29 is 13.9 Å². The van der Waals surface area contributed by atoms with Crippen molar-refractivity contribution in [2.45, 2.75) is 13.0 Å². The summed E-state index contributed by atoms with van der Waals surface area (Å²) in [7, 11) is 0. The van der Waals surface area contributed by atoms with Crippen LogP contribution in [0.25, 0.3) is 5.69 Å². The number of hydrogen-bond donors (Lipinski definition) is 1. The lowest BCUT2D eigenvalue weighted by Crippen LogP contribution is -2.24. The van der Waals surface area contributed by atoms with Crippen LogP contribution < -0.4 is 10.1 Å². The molecule has 0 aliphatic carbocycles. The van der Waals surface area contributed by atoms with E-state index in [0.717, 1.165) is 11.3 Å². The number of halogens is 1. The zero-order valence-corrected chi connectivity index (χ0v) is 13.6. The zero-order chi connectivity index (χ0) is 17.5. The minimum Gasteiger partial charge on any atom is -0.493 e. The van der Waals surface area contributed by atoms with E-state index in [1.54, 1.807) is 23.0 Å². The Kier molecular flexibility index (Phi) is 5.41. The third kappa shape index (κ3) is 4.91. The Morgan fingerprint density at radius 3 is 2.80 bits per heavy atom. The fourth-order valence-corrected chi connectivity index (χ4v) is 2.28. The number of hydrogen-bond acceptors (Lipinski definition) is 3. The van der Waals surface area contributed by atoms with E-state index in [9.17, 15) is 9.18 Å². The number of ether oxygens (including phenoxy) is 1. The number of para-hydroxylation sites is 1. The molecule has 128 valence electrons. The molecule has 0 saturated carbocycles. The maximum absolute atomic E-state index is 13.0. The number of amides is 1. The predicted molar refractivity (Wildman–Crippen MR) is 91.9 cm³/mol. The van der Waals surface area contributed by atoms with Gasteiger partial charge in [0.15, 0.2) is 0 Å². The minimum absolute atomic E-state index is 0.135. The van der Waals surface area contributed by atoms with Crippen molar-refractivity contribution in [2.75, 3.05) is 6.61 Å². The van der Waals surface area contributed by atoms with Crippen LogP contribution in [0.4, 0.5) is 4.39 Å². The molecule has 0 atom stereocenters. The molecule has 1 heterocycles. The van der Waals surface area contributed by atoms with Crippen molar-refractivity contribution in [3.8, 4) is 11.4 Å². The molecular formula is C19H18FN3O2. The molecule has 0 aliphatic rings. The van der Waals surface area contributed by atoms with Gasteiger partial charge in [-0.1, -0.05) is 24.3 Å². The predicted octanol–water partition coefficient (Wildman–Crippen LogP) is 3.10. The molecule has 0 aliphatic heterocycles. The molecule has 3 aromatic rings. The monoisotopic (exact) mass is 339 g/mol. The topological polar surface area (TPSA) is 56.1 Å². The summed E-state index contributed by atoms with van der Waals surface area (Å²) in [6.45, 7) is 0.587. The molecule has 6 heteroatoms. The molecule has 1 aromatic heterocycles. The average molecular weight is 339 g/mol. The number of carbonyl (C=O) groups is 1. The molecule has 0 unspecified atom stereocenters. The second-order valence-electron chi connectivity index (χ2n) is 5.46. The van der Waals surface area contributed by atoms with Gasteiger partial charge in [-0.15, -0.1) is 0 Å². The van der Waals surface area contributed by atoms with Crippen LogP contribution in [-0.4, -0.2) is 22.3 Å². The van der Waals surface area contributed by atoms with Crippen molar-refractivity contribution >= 4 is 5.91 Å². The number of nitrogens with zero attached hydrogens (tertiary/aromatic N) is 2. The van der Waals surface area contributed by atoms with Crippen LogP contribution in [0.2, 0.25) is 0 Å². The molecule has 1 amide bonds. The molecule has 5 nitrogen and oxygen atoms in total. The highest BCUT2D eigenvalue weighted by Gasteiger charge is 2.05. The van der Waals surface area contributed by atoms with Gasteiger partial charge in [-0.25, -0.2) is 9.07 Å². The van der Waals surface area contributed by atoms with E-state index in [1.807, 2.05) is 36.5 Å². The van der Waals surface area contributed by atoms with Gasteiger partial charge in [-0.2, -0.15) is 5.10 Å². The molecule has 0 spiro atoms. The van der Waals surface area contributed by atoms with Gasteiger partial charge in [-0.3, -0.25) is 4.79 Å². The van der Waals surface area contributed by atoms with Crippen molar-refractivity contribution in [3.05, 3.63) is 78.4 Å². The van der Waals surface area contributed by atoms with E-state index in [4.69, 9.17) is 4.74 Å². The van der Waals surface area contributed by atoms with E-state index < -0.39 is 0 Å². The van der Waals surface area contributed by atoms with Gasteiger partial charge in [0, 0.05) is 24.4 Å². The first-order valence-corrected chi connectivity index (χ1v) is 7.95. The molecule has 0 fully saturated rings. The SMILES string of the molecule is O=C(CCOc1cccc(F)c1)NCc1cnn(-c2ccccc2)c1. The molecule has 0 bridgehead atoms. The summed E-state index contributed by atoms with van der Waals surface area (Å²) in [5, 5.41) is 7.09. The van der Waals surface area contributed by atoms with Crippen LogP contribution in [-0.2, 0) is 11.3 Å². The second kappa shape index (κ2) is 8.10. The average Bonchev–Trinajstić information content (AvgIpc) is 3.10. The van der Waals surface area contributed by atoms with Crippen LogP contribution in [0.15, 0.2) is 67.0 Å². The summed E-state index contributed by atoms with van der Waals surface area (Å²) in [6, 6.07) is 15.6. The van der Waals surface area contributed by atoms with Crippen LogP contribution in [0, 0.1) is 5.82 Å². The third-order valence-electron chi connectivity index (χ3n) is 3.54. The van der Waals surface area contributed by atoms with Crippen LogP contribution in [0.1, 0.15) is 12.0 Å². The largest absolute Gasteiger partial charge is 0.493 e. The van der Waals surface area contributed by atoms with Gasteiger partial charge >= 0.3 is 0 Å². The Morgan fingerprint density at radius 2 is 2.00 bits per heavy atom. The Morgan fingerprint density at radius 1 is 1.16 bits per heavy atom. The Balaban J connectivity index is 1.43. The Bertz CT molecular complexity index is 833. The lowest BCUT2D eigenvalue weighted by atomic mass is 10.3.